The van der Waals surface area contributed by atoms with Gasteiger partial charge in [0.05, 0.1) is 0 Å². The number of aliphatic carboxylic acids is 1. The summed E-state index contributed by atoms with van der Waals surface area (Å²) >= 11 is 0. The summed E-state index contributed by atoms with van der Waals surface area (Å²) in [6.07, 6.45) is 1.60. The SMILES string of the molecule is O=C(N[C@@H](CCNC(=O)C1CCCCc2noc(=O)n21)C(=O)O)OCc1ccccc1. The van der Waals surface area contributed by atoms with Crippen molar-refractivity contribution >= 4 is 18.0 Å². The predicted molar refractivity (Wildman–Crippen MR) is 106 cm³/mol. The summed E-state index contributed by atoms with van der Waals surface area (Å²) in [6.45, 7) is -0.00607. The number of fused-ring (bicyclic) bond motifs is 1. The summed E-state index contributed by atoms with van der Waals surface area (Å²) in [5.41, 5.74) is 0.767. The molecule has 0 radical (unpaired) electrons. The van der Waals surface area contributed by atoms with Crippen molar-refractivity contribution in [1.29, 1.82) is 0 Å². The zero-order valence-corrected chi connectivity index (χ0v) is 16.8. The lowest BCUT2D eigenvalue weighted by molar-refractivity contribution is -0.139. The molecule has 2 aromatic rings. The highest BCUT2D eigenvalue weighted by Crippen LogP contribution is 2.21. The van der Waals surface area contributed by atoms with Crippen LogP contribution in [0.1, 0.15) is 43.1 Å². The van der Waals surface area contributed by atoms with Crippen LogP contribution < -0.4 is 16.4 Å². The summed E-state index contributed by atoms with van der Waals surface area (Å²) in [5.74, 6) is -1.95. The average Bonchev–Trinajstić information content (AvgIpc) is 2.98. The molecule has 1 aromatic heterocycles. The number of nitrogens with one attached hydrogen (secondary N) is 2. The lowest BCUT2D eigenvalue weighted by atomic mass is 10.1. The third-order valence-electron chi connectivity index (χ3n) is 4.98. The molecule has 0 saturated carbocycles. The molecular weight excluding hydrogens is 408 g/mol. The molecule has 11 nitrogen and oxygen atoms in total. The number of aromatic nitrogens is 2. The number of nitrogens with zero attached hydrogens (tertiary/aromatic N) is 2. The third kappa shape index (κ3) is 5.93. The van der Waals surface area contributed by atoms with E-state index in [1.807, 2.05) is 6.07 Å². The maximum atomic E-state index is 12.6. The van der Waals surface area contributed by atoms with Gasteiger partial charge in [-0.25, -0.2) is 19.0 Å². The maximum Gasteiger partial charge on any atom is 0.442 e. The second kappa shape index (κ2) is 10.4. The van der Waals surface area contributed by atoms with Gasteiger partial charge in [-0.15, -0.1) is 0 Å². The standard InChI is InChI=1S/C20H24N4O7/c25-17(15-8-4-5-9-16-23-31-20(29)24(15)16)21-11-10-14(18(26)27)22-19(28)30-12-13-6-2-1-3-7-13/h1-3,6-7,14-15H,4-5,8-12H2,(H,21,25)(H,22,28)(H,26,27)/t14-,15?/m0/s1. The highest BCUT2D eigenvalue weighted by atomic mass is 16.5. The van der Waals surface area contributed by atoms with Crippen LogP contribution in [0, 0.1) is 0 Å². The number of amides is 2. The van der Waals surface area contributed by atoms with Crippen molar-refractivity contribution in [3.8, 4) is 0 Å². The number of aryl methyl sites for hydroxylation is 1. The fraction of sp³-hybridized carbons (Fsp3) is 0.450. The lowest BCUT2D eigenvalue weighted by Crippen LogP contribution is -2.44. The molecule has 2 heterocycles. The summed E-state index contributed by atoms with van der Waals surface area (Å²) < 4.78 is 10.9. The summed E-state index contributed by atoms with van der Waals surface area (Å²) in [4.78, 5) is 47.9. The van der Waals surface area contributed by atoms with Gasteiger partial charge in [-0.1, -0.05) is 41.9 Å². The van der Waals surface area contributed by atoms with Crippen molar-refractivity contribution in [2.45, 2.75) is 50.8 Å². The van der Waals surface area contributed by atoms with Crippen LogP contribution in [-0.2, 0) is 27.4 Å². The normalized spacial score (nSPS) is 16.5. The Morgan fingerprint density at radius 1 is 1.26 bits per heavy atom. The Kier molecular flexibility index (Phi) is 7.41. The van der Waals surface area contributed by atoms with E-state index in [1.165, 1.54) is 4.57 Å². The molecule has 0 spiro atoms. The van der Waals surface area contributed by atoms with Crippen molar-refractivity contribution < 1.29 is 28.8 Å². The van der Waals surface area contributed by atoms with E-state index in [4.69, 9.17) is 4.74 Å². The number of carbonyl (C=O) groups excluding carboxylic acids is 2. The molecule has 0 fully saturated rings. The Balaban J connectivity index is 1.49. The Morgan fingerprint density at radius 3 is 2.77 bits per heavy atom. The molecule has 3 rings (SSSR count). The van der Waals surface area contributed by atoms with E-state index in [1.54, 1.807) is 24.3 Å². The molecule has 0 bridgehead atoms. The molecule has 11 heteroatoms. The van der Waals surface area contributed by atoms with Crippen molar-refractivity contribution in [3.05, 3.63) is 52.3 Å². The quantitative estimate of drug-likeness (QED) is 0.558. The predicted octanol–water partition coefficient (Wildman–Crippen LogP) is 0.990. The van der Waals surface area contributed by atoms with E-state index in [2.05, 4.69) is 20.3 Å². The van der Waals surface area contributed by atoms with Gasteiger partial charge in [-0.3, -0.25) is 9.32 Å². The fourth-order valence-electron chi connectivity index (χ4n) is 3.38. The van der Waals surface area contributed by atoms with E-state index >= 15 is 0 Å². The lowest BCUT2D eigenvalue weighted by Gasteiger charge is -2.18. The van der Waals surface area contributed by atoms with Crippen molar-refractivity contribution in [2.75, 3.05) is 6.54 Å². The molecule has 3 N–H and O–H groups in total. The summed E-state index contributed by atoms with van der Waals surface area (Å²) in [7, 11) is 0. The van der Waals surface area contributed by atoms with Crippen LogP contribution in [0.2, 0.25) is 0 Å². The van der Waals surface area contributed by atoms with Gasteiger partial charge >= 0.3 is 17.8 Å². The number of carbonyl (C=O) groups is 3. The Bertz CT molecular complexity index is 969. The smallest absolute Gasteiger partial charge is 0.442 e. The first kappa shape index (κ1) is 22.1. The van der Waals surface area contributed by atoms with Gasteiger partial charge in [0.1, 0.15) is 18.7 Å². The fourth-order valence-corrected chi connectivity index (χ4v) is 3.38. The monoisotopic (exact) mass is 432 g/mol. The molecule has 0 aliphatic carbocycles. The molecular formula is C20H24N4O7. The van der Waals surface area contributed by atoms with Crippen LogP contribution in [-0.4, -0.2) is 45.4 Å². The van der Waals surface area contributed by atoms with Crippen LogP contribution in [0.5, 0.6) is 0 Å². The first-order valence-electron chi connectivity index (χ1n) is 10.0. The molecule has 2 atom stereocenters. The van der Waals surface area contributed by atoms with E-state index in [-0.39, 0.29) is 19.6 Å². The molecule has 1 aliphatic heterocycles. The Hall–Kier alpha value is -3.63. The van der Waals surface area contributed by atoms with Gasteiger partial charge in [0, 0.05) is 13.0 Å². The van der Waals surface area contributed by atoms with Crippen molar-refractivity contribution in [3.63, 3.8) is 0 Å². The highest BCUT2D eigenvalue weighted by Gasteiger charge is 2.29. The van der Waals surface area contributed by atoms with Crippen LogP contribution in [0.15, 0.2) is 39.6 Å². The first-order chi connectivity index (χ1) is 15.0. The van der Waals surface area contributed by atoms with Crippen LogP contribution in [0.25, 0.3) is 0 Å². The summed E-state index contributed by atoms with van der Waals surface area (Å²) in [5, 5.41) is 18.0. The van der Waals surface area contributed by atoms with Gasteiger partial charge in [0.2, 0.25) is 5.91 Å². The van der Waals surface area contributed by atoms with E-state index in [9.17, 15) is 24.3 Å². The van der Waals surface area contributed by atoms with Crippen molar-refractivity contribution in [1.82, 2.24) is 20.4 Å². The molecule has 1 aromatic carbocycles. The number of hydrogen-bond donors (Lipinski definition) is 3. The van der Waals surface area contributed by atoms with Gasteiger partial charge in [-0.05, 0) is 24.8 Å². The molecule has 31 heavy (non-hydrogen) atoms. The maximum absolute atomic E-state index is 12.6. The van der Waals surface area contributed by atoms with Gasteiger partial charge < -0.3 is 20.5 Å². The van der Waals surface area contributed by atoms with Crippen LogP contribution >= 0.6 is 0 Å². The molecule has 0 saturated heterocycles. The number of hydrogen-bond acceptors (Lipinski definition) is 7. The zero-order chi connectivity index (χ0) is 22.2. The molecule has 166 valence electrons. The van der Waals surface area contributed by atoms with Gasteiger partial charge in [0.15, 0.2) is 5.82 Å². The minimum atomic E-state index is -1.25. The minimum absolute atomic E-state index is 0.00719. The number of ether oxygens (including phenoxy) is 1. The molecule has 2 amide bonds. The topological polar surface area (TPSA) is 153 Å². The highest BCUT2D eigenvalue weighted by molar-refractivity contribution is 5.81. The molecule has 1 unspecified atom stereocenters. The van der Waals surface area contributed by atoms with E-state index in [0.29, 0.717) is 18.7 Å². The average molecular weight is 432 g/mol. The minimum Gasteiger partial charge on any atom is -0.480 e. The largest absolute Gasteiger partial charge is 0.480 e. The second-order valence-corrected chi connectivity index (χ2v) is 7.17. The number of carboxylic acids is 1. The van der Waals surface area contributed by atoms with Crippen molar-refractivity contribution in [2.24, 2.45) is 0 Å². The van der Waals surface area contributed by atoms with Crippen LogP contribution in [0.4, 0.5) is 4.79 Å². The second-order valence-electron chi connectivity index (χ2n) is 7.17. The Morgan fingerprint density at radius 2 is 2.03 bits per heavy atom. The van der Waals surface area contributed by atoms with Crippen LogP contribution in [0.3, 0.4) is 0 Å². The third-order valence-corrected chi connectivity index (χ3v) is 4.98. The first-order valence-corrected chi connectivity index (χ1v) is 10.0. The van der Waals surface area contributed by atoms with Gasteiger partial charge in [-0.2, -0.15) is 0 Å². The zero-order valence-electron chi connectivity index (χ0n) is 16.8. The van der Waals surface area contributed by atoms with Gasteiger partial charge in [0.25, 0.3) is 0 Å². The Labute approximate surface area is 177 Å². The summed E-state index contributed by atoms with van der Waals surface area (Å²) in [6, 6.07) is 6.96. The number of rotatable bonds is 8. The van der Waals surface area contributed by atoms with E-state index < -0.39 is 35.8 Å². The number of carboxylic acid groups (broad SMARTS) is 1. The number of benzene rings is 1. The number of alkyl carbamates (subject to hydrolysis) is 1. The molecule has 1 aliphatic rings. The van der Waals surface area contributed by atoms with E-state index in [0.717, 1.165) is 18.4 Å².